The number of rotatable bonds is 2. The van der Waals surface area contributed by atoms with Crippen molar-refractivity contribution in [3.63, 3.8) is 0 Å². The Morgan fingerprint density at radius 1 is 1.17 bits per heavy atom. The van der Waals surface area contributed by atoms with E-state index in [1.165, 1.54) is 37.7 Å². The van der Waals surface area contributed by atoms with Crippen LogP contribution in [0.2, 0.25) is 0 Å². The summed E-state index contributed by atoms with van der Waals surface area (Å²) in [5.41, 5.74) is 2.30. The van der Waals surface area contributed by atoms with Gasteiger partial charge in [-0.05, 0) is 36.5 Å². The minimum absolute atomic E-state index is 0.0929. The molecule has 0 heterocycles. The molecule has 0 atom stereocenters. The second-order valence-corrected chi connectivity index (χ2v) is 4.83. The first-order chi connectivity index (χ1) is 8.75. The first kappa shape index (κ1) is 12.7. The highest BCUT2D eigenvalue weighted by Gasteiger charge is 2.14. The van der Waals surface area contributed by atoms with Crippen molar-refractivity contribution < 1.29 is 9.90 Å². The Morgan fingerprint density at radius 3 is 2.44 bits per heavy atom. The van der Waals surface area contributed by atoms with E-state index in [-0.39, 0.29) is 6.42 Å². The Morgan fingerprint density at radius 2 is 1.83 bits per heavy atom. The fourth-order valence-corrected chi connectivity index (χ4v) is 2.50. The van der Waals surface area contributed by atoms with Crippen LogP contribution in [-0.4, -0.2) is 11.1 Å². The molecule has 1 N–H and O–H groups in total. The summed E-state index contributed by atoms with van der Waals surface area (Å²) in [6.07, 6.45) is 6.55. The lowest BCUT2D eigenvalue weighted by Gasteiger charge is -2.21. The Labute approximate surface area is 108 Å². The Balaban J connectivity index is 1.99. The molecule has 1 aromatic rings. The second-order valence-electron chi connectivity index (χ2n) is 4.83. The summed E-state index contributed by atoms with van der Waals surface area (Å²) in [5.74, 6) is 5.36. The van der Waals surface area contributed by atoms with Gasteiger partial charge in [0.1, 0.15) is 6.42 Å². The first-order valence-corrected chi connectivity index (χ1v) is 6.56. The molecular formula is C16H18O2. The van der Waals surface area contributed by atoms with Crippen molar-refractivity contribution in [1.29, 1.82) is 0 Å². The lowest BCUT2D eigenvalue weighted by atomic mass is 9.84. The van der Waals surface area contributed by atoms with Crippen molar-refractivity contribution >= 4 is 5.97 Å². The number of carbonyl (C=O) groups is 1. The Kier molecular flexibility index (Phi) is 4.41. The van der Waals surface area contributed by atoms with Crippen LogP contribution in [0.15, 0.2) is 24.3 Å². The smallest absolute Gasteiger partial charge is 0.315 e. The molecule has 1 aromatic carbocycles. The van der Waals surface area contributed by atoms with Gasteiger partial charge >= 0.3 is 5.97 Å². The highest BCUT2D eigenvalue weighted by molar-refractivity contribution is 5.70. The molecule has 2 heteroatoms. The van der Waals surface area contributed by atoms with Crippen molar-refractivity contribution in [1.82, 2.24) is 0 Å². The third-order valence-corrected chi connectivity index (χ3v) is 3.46. The summed E-state index contributed by atoms with van der Waals surface area (Å²) in [7, 11) is 0. The van der Waals surface area contributed by atoms with Crippen LogP contribution in [0.1, 0.15) is 55.6 Å². The van der Waals surface area contributed by atoms with Gasteiger partial charge in [0.15, 0.2) is 0 Å². The quantitative estimate of drug-likeness (QED) is 0.805. The predicted octanol–water partition coefficient (Wildman–Crippen LogP) is 3.56. The van der Waals surface area contributed by atoms with Crippen molar-refractivity contribution in [3.8, 4) is 11.8 Å². The number of hydrogen-bond donors (Lipinski definition) is 1. The average Bonchev–Trinajstić information content (AvgIpc) is 2.40. The van der Waals surface area contributed by atoms with Gasteiger partial charge in [0.2, 0.25) is 0 Å². The number of carboxylic acid groups (broad SMARTS) is 1. The molecular weight excluding hydrogens is 224 g/mol. The Bertz CT molecular complexity index is 456. The summed E-state index contributed by atoms with van der Waals surface area (Å²) in [6.45, 7) is 0. The molecule has 0 aliphatic heterocycles. The third-order valence-electron chi connectivity index (χ3n) is 3.46. The van der Waals surface area contributed by atoms with E-state index in [1.54, 1.807) is 0 Å². The SMILES string of the molecule is O=C(O)CC#Cc1ccc(C2CCCCC2)cc1. The van der Waals surface area contributed by atoms with E-state index in [0.29, 0.717) is 5.92 Å². The Hall–Kier alpha value is -1.75. The number of carboxylic acids is 1. The number of hydrogen-bond acceptors (Lipinski definition) is 1. The average molecular weight is 242 g/mol. The molecule has 94 valence electrons. The van der Waals surface area contributed by atoms with E-state index in [1.807, 2.05) is 12.1 Å². The summed E-state index contributed by atoms with van der Waals surface area (Å²) in [5, 5.41) is 8.50. The van der Waals surface area contributed by atoms with Gasteiger partial charge in [-0.3, -0.25) is 4.79 Å². The molecule has 2 nitrogen and oxygen atoms in total. The molecule has 1 saturated carbocycles. The van der Waals surface area contributed by atoms with E-state index in [2.05, 4.69) is 24.0 Å². The van der Waals surface area contributed by atoms with Crippen molar-refractivity contribution in [3.05, 3.63) is 35.4 Å². The van der Waals surface area contributed by atoms with Gasteiger partial charge in [0, 0.05) is 5.56 Å². The first-order valence-electron chi connectivity index (χ1n) is 6.56. The minimum atomic E-state index is -0.874. The molecule has 1 aliphatic carbocycles. The van der Waals surface area contributed by atoms with Gasteiger partial charge in [-0.1, -0.05) is 43.2 Å². The van der Waals surface area contributed by atoms with E-state index < -0.39 is 5.97 Å². The van der Waals surface area contributed by atoms with Crippen LogP contribution >= 0.6 is 0 Å². The van der Waals surface area contributed by atoms with Crippen LogP contribution in [0.3, 0.4) is 0 Å². The fraction of sp³-hybridized carbons (Fsp3) is 0.438. The van der Waals surface area contributed by atoms with Crippen molar-refractivity contribution in [2.75, 3.05) is 0 Å². The maximum atomic E-state index is 10.3. The maximum absolute atomic E-state index is 10.3. The van der Waals surface area contributed by atoms with Gasteiger partial charge in [0.25, 0.3) is 0 Å². The van der Waals surface area contributed by atoms with Gasteiger partial charge in [-0.15, -0.1) is 0 Å². The highest BCUT2D eigenvalue weighted by Crippen LogP contribution is 2.32. The second kappa shape index (κ2) is 6.26. The molecule has 0 radical (unpaired) electrons. The van der Waals surface area contributed by atoms with E-state index in [4.69, 9.17) is 5.11 Å². The van der Waals surface area contributed by atoms with Crippen LogP contribution in [0.5, 0.6) is 0 Å². The summed E-state index contributed by atoms with van der Waals surface area (Å²) in [4.78, 5) is 10.3. The lowest BCUT2D eigenvalue weighted by Crippen LogP contribution is -2.04. The largest absolute Gasteiger partial charge is 0.481 e. The van der Waals surface area contributed by atoms with E-state index in [0.717, 1.165) is 5.56 Å². The monoisotopic (exact) mass is 242 g/mol. The standard InChI is InChI=1S/C16H18O2/c17-16(18)8-4-5-13-9-11-15(12-10-13)14-6-2-1-3-7-14/h9-12,14H,1-3,6-8H2,(H,17,18). The van der Waals surface area contributed by atoms with Crippen LogP contribution in [-0.2, 0) is 4.79 Å². The normalized spacial score (nSPS) is 15.8. The van der Waals surface area contributed by atoms with Crippen molar-refractivity contribution in [2.45, 2.75) is 44.4 Å². The molecule has 0 amide bonds. The van der Waals surface area contributed by atoms with Crippen LogP contribution in [0, 0.1) is 11.8 Å². The molecule has 18 heavy (non-hydrogen) atoms. The zero-order valence-corrected chi connectivity index (χ0v) is 10.5. The maximum Gasteiger partial charge on any atom is 0.315 e. The van der Waals surface area contributed by atoms with Crippen LogP contribution in [0.25, 0.3) is 0 Å². The van der Waals surface area contributed by atoms with Gasteiger partial charge in [0.05, 0.1) is 0 Å². The van der Waals surface area contributed by atoms with Crippen LogP contribution in [0.4, 0.5) is 0 Å². The molecule has 0 bridgehead atoms. The number of benzene rings is 1. The predicted molar refractivity (Wildman–Crippen MR) is 71.4 cm³/mol. The van der Waals surface area contributed by atoms with Gasteiger partial charge in [-0.2, -0.15) is 0 Å². The molecule has 0 aromatic heterocycles. The van der Waals surface area contributed by atoms with Crippen LogP contribution < -0.4 is 0 Å². The molecule has 0 saturated heterocycles. The van der Waals surface area contributed by atoms with E-state index in [9.17, 15) is 4.79 Å². The van der Waals surface area contributed by atoms with Crippen molar-refractivity contribution in [2.24, 2.45) is 0 Å². The zero-order chi connectivity index (χ0) is 12.8. The van der Waals surface area contributed by atoms with Gasteiger partial charge in [-0.25, -0.2) is 0 Å². The van der Waals surface area contributed by atoms with E-state index >= 15 is 0 Å². The third kappa shape index (κ3) is 3.63. The summed E-state index contributed by atoms with van der Waals surface area (Å²) in [6, 6.07) is 8.28. The fourth-order valence-electron chi connectivity index (χ4n) is 2.50. The molecule has 0 spiro atoms. The summed E-state index contributed by atoms with van der Waals surface area (Å²) < 4.78 is 0. The van der Waals surface area contributed by atoms with Gasteiger partial charge < -0.3 is 5.11 Å². The lowest BCUT2D eigenvalue weighted by molar-refractivity contribution is -0.135. The minimum Gasteiger partial charge on any atom is -0.481 e. The molecule has 1 fully saturated rings. The number of aliphatic carboxylic acids is 1. The molecule has 0 unspecified atom stereocenters. The molecule has 1 aliphatic rings. The highest BCUT2D eigenvalue weighted by atomic mass is 16.4. The summed E-state index contributed by atoms with van der Waals surface area (Å²) >= 11 is 0. The topological polar surface area (TPSA) is 37.3 Å². The zero-order valence-electron chi connectivity index (χ0n) is 10.5. The molecule has 2 rings (SSSR count).